The largest absolute Gasteiger partial charge is 0.507 e. The molecule has 1 atom stereocenters. The molecule has 0 aromatic heterocycles. The molecule has 0 aliphatic carbocycles. The monoisotopic (exact) mass is 397 g/mol. The Balaban J connectivity index is 2.08. The Morgan fingerprint density at radius 3 is 2.31 bits per heavy atom. The van der Waals surface area contributed by atoms with E-state index in [1.165, 1.54) is 49.4 Å². The number of phenols is 1. The highest BCUT2D eigenvalue weighted by Gasteiger charge is 2.22. The topological polar surface area (TPSA) is 110 Å². The Kier molecular flexibility index (Phi) is 5.89. The van der Waals surface area contributed by atoms with Gasteiger partial charge in [-0.1, -0.05) is 11.6 Å². The summed E-state index contributed by atoms with van der Waals surface area (Å²) in [6.07, 6.45) is -0.0916. The number of hydrogen-bond donors (Lipinski definition) is 2. The molecule has 0 saturated carbocycles. The number of rotatable bonds is 6. The third kappa shape index (κ3) is 5.21. The number of phenolic OH excluding ortho intramolecular Hbond substituents is 1. The number of ether oxygens (including phenoxy) is 1. The van der Waals surface area contributed by atoms with E-state index in [0.29, 0.717) is 5.69 Å². The first-order valence-corrected chi connectivity index (χ1v) is 9.65. The van der Waals surface area contributed by atoms with Crippen LogP contribution >= 0.6 is 11.6 Å². The third-order valence-electron chi connectivity index (χ3n) is 3.31. The van der Waals surface area contributed by atoms with Gasteiger partial charge in [-0.3, -0.25) is 9.52 Å². The van der Waals surface area contributed by atoms with Crippen LogP contribution in [0.3, 0.4) is 0 Å². The standard InChI is InChI=1S/C17H16ClNO6S/c1-10(25-17(22)14-8-5-12(18)9-15(14)20)16(21)11-3-6-13(7-4-11)19-26(2,23)24/h3-10,19-20H,1-2H3. The fourth-order valence-electron chi connectivity index (χ4n) is 2.11. The van der Waals surface area contributed by atoms with Gasteiger partial charge in [0.15, 0.2) is 6.10 Å². The van der Waals surface area contributed by atoms with Crippen molar-refractivity contribution < 1.29 is 27.9 Å². The van der Waals surface area contributed by atoms with Gasteiger partial charge in [0.2, 0.25) is 15.8 Å². The molecule has 0 fully saturated rings. The van der Waals surface area contributed by atoms with E-state index in [-0.39, 0.29) is 21.9 Å². The van der Waals surface area contributed by atoms with Crippen molar-refractivity contribution in [2.24, 2.45) is 0 Å². The highest BCUT2D eigenvalue weighted by atomic mass is 35.5. The molecule has 0 heterocycles. The zero-order valence-corrected chi connectivity index (χ0v) is 15.5. The van der Waals surface area contributed by atoms with E-state index in [4.69, 9.17) is 16.3 Å². The SMILES string of the molecule is CC(OC(=O)c1ccc(Cl)cc1O)C(=O)c1ccc(NS(C)(=O)=O)cc1. The third-order valence-corrected chi connectivity index (χ3v) is 4.15. The van der Waals surface area contributed by atoms with Crippen LogP contribution in [0.15, 0.2) is 42.5 Å². The van der Waals surface area contributed by atoms with Gasteiger partial charge >= 0.3 is 5.97 Å². The van der Waals surface area contributed by atoms with Crippen molar-refractivity contribution in [2.75, 3.05) is 11.0 Å². The van der Waals surface area contributed by atoms with Crippen LogP contribution in [0, 0.1) is 0 Å². The van der Waals surface area contributed by atoms with E-state index in [0.717, 1.165) is 6.26 Å². The summed E-state index contributed by atoms with van der Waals surface area (Å²) in [5.74, 6) is -1.69. The number of hydrogen-bond acceptors (Lipinski definition) is 6. The van der Waals surface area contributed by atoms with Crippen molar-refractivity contribution in [2.45, 2.75) is 13.0 Å². The number of carbonyl (C=O) groups excluding carboxylic acids is 2. The number of aromatic hydroxyl groups is 1. The lowest BCUT2D eigenvalue weighted by atomic mass is 10.1. The van der Waals surface area contributed by atoms with Crippen molar-refractivity contribution in [3.05, 3.63) is 58.6 Å². The predicted molar refractivity (Wildman–Crippen MR) is 97.2 cm³/mol. The molecular weight excluding hydrogens is 382 g/mol. The lowest BCUT2D eigenvalue weighted by molar-refractivity contribution is 0.0316. The van der Waals surface area contributed by atoms with E-state index < -0.39 is 27.9 Å². The van der Waals surface area contributed by atoms with Crippen LogP contribution in [0.1, 0.15) is 27.6 Å². The maximum absolute atomic E-state index is 12.3. The van der Waals surface area contributed by atoms with Crippen LogP contribution in [0.5, 0.6) is 5.75 Å². The minimum absolute atomic E-state index is 0.109. The summed E-state index contributed by atoms with van der Waals surface area (Å²) >= 11 is 5.70. The maximum Gasteiger partial charge on any atom is 0.342 e. The molecule has 0 radical (unpaired) electrons. The number of halogens is 1. The lowest BCUT2D eigenvalue weighted by Gasteiger charge is -2.13. The van der Waals surface area contributed by atoms with E-state index >= 15 is 0 Å². The van der Waals surface area contributed by atoms with Crippen molar-refractivity contribution in [3.8, 4) is 5.75 Å². The van der Waals surface area contributed by atoms with Gasteiger partial charge in [0.1, 0.15) is 11.3 Å². The van der Waals surface area contributed by atoms with Crippen LogP contribution in [-0.4, -0.2) is 37.6 Å². The molecule has 0 aliphatic rings. The summed E-state index contributed by atoms with van der Waals surface area (Å²) < 4.78 is 29.7. The maximum atomic E-state index is 12.3. The molecule has 0 amide bonds. The van der Waals surface area contributed by atoms with E-state index in [9.17, 15) is 23.1 Å². The predicted octanol–water partition coefficient (Wildman–Crippen LogP) is 2.85. The number of sulfonamides is 1. The zero-order valence-electron chi connectivity index (χ0n) is 13.9. The smallest absolute Gasteiger partial charge is 0.342 e. The number of anilines is 1. The second-order valence-corrected chi connectivity index (χ2v) is 7.71. The molecule has 0 spiro atoms. The van der Waals surface area contributed by atoms with E-state index in [1.54, 1.807) is 0 Å². The van der Waals surface area contributed by atoms with Gasteiger partial charge in [0.05, 0.1) is 6.26 Å². The van der Waals surface area contributed by atoms with Gasteiger partial charge < -0.3 is 9.84 Å². The molecule has 2 aromatic rings. The first kappa shape index (κ1) is 19.7. The second kappa shape index (κ2) is 7.76. The summed E-state index contributed by atoms with van der Waals surface area (Å²) in [6.45, 7) is 1.40. The van der Waals surface area contributed by atoms with Gasteiger partial charge in [0.25, 0.3) is 0 Å². The van der Waals surface area contributed by atoms with Crippen LogP contribution in [0.4, 0.5) is 5.69 Å². The first-order valence-electron chi connectivity index (χ1n) is 7.38. The molecule has 2 aromatic carbocycles. The highest BCUT2D eigenvalue weighted by molar-refractivity contribution is 7.92. The quantitative estimate of drug-likeness (QED) is 0.573. The van der Waals surface area contributed by atoms with Gasteiger partial charge in [-0.15, -0.1) is 0 Å². The number of ketones is 1. The molecule has 0 bridgehead atoms. The van der Waals surface area contributed by atoms with Crippen LogP contribution in [0.25, 0.3) is 0 Å². The Bertz CT molecular complexity index is 940. The number of esters is 1. The molecular formula is C17H16ClNO6S. The van der Waals surface area contributed by atoms with E-state index in [2.05, 4.69) is 4.72 Å². The second-order valence-electron chi connectivity index (χ2n) is 5.52. The molecule has 9 heteroatoms. The van der Waals surface area contributed by atoms with Crippen LogP contribution in [0.2, 0.25) is 5.02 Å². The molecule has 0 saturated heterocycles. The van der Waals surface area contributed by atoms with Gasteiger partial charge in [-0.25, -0.2) is 13.2 Å². The fourth-order valence-corrected chi connectivity index (χ4v) is 2.84. The normalized spacial score (nSPS) is 12.3. The van der Waals surface area contributed by atoms with Gasteiger partial charge in [-0.05, 0) is 49.4 Å². The summed E-state index contributed by atoms with van der Waals surface area (Å²) in [4.78, 5) is 24.4. The molecule has 2 N–H and O–H groups in total. The minimum Gasteiger partial charge on any atom is -0.507 e. The number of benzene rings is 2. The van der Waals surface area contributed by atoms with Gasteiger partial charge in [-0.2, -0.15) is 0 Å². The summed E-state index contributed by atoms with van der Waals surface area (Å²) in [7, 11) is -3.42. The van der Waals surface area contributed by atoms with Crippen LogP contribution in [-0.2, 0) is 14.8 Å². The van der Waals surface area contributed by atoms with Crippen molar-refractivity contribution >= 4 is 39.1 Å². The average Bonchev–Trinajstić information content (AvgIpc) is 2.53. The van der Waals surface area contributed by atoms with Crippen LogP contribution < -0.4 is 4.72 Å². The average molecular weight is 398 g/mol. The minimum atomic E-state index is -3.42. The summed E-state index contributed by atoms with van der Waals surface area (Å²) in [6, 6.07) is 9.58. The van der Waals surface area contributed by atoms with E-state index in [1.807, 2.05) is 0 Å². The first-order chi connectivity index (χ1) is 12.1. The lowest BCUT2D eigenvalue weighted by Crippen LogP contribution is -2.24. The Morgan fingerprint density at radius 2 is 1.77 bits per heavy atom. The highest BCUT2D eigenvalue weighted by Crippen LogP contribution is 2.23. The molecule has 2 rings (SSSR count). The summed E-state index contributed by atoms with van der Waals surface area (Å²) in [5.41, 5.74) is 0.436. The van der Waals surface area contributed by atoms with Gasteiger partial charge in [0, 0.05) is 16.3 Å². The van der Waals surface area contributed by atoms with Crippen molar-refractivity contribution in [3.63, 3.8) is 0 Å². The fraction of sp³-hybridized carbons (Fsp3) is 0.176. The molecule has 138 valence electrons. The Morgan fingerprint density at radius 1 is 1.15 bits per heavy atom. The Hall–Kier alpha value is -2.58. The Labute approximate surface area is 155 Å². The number of Topliss-reactive ketones (excluding diaryl/α,β-unsaturated/α-hetero) is 1. The van der Waals surface area contributed by atoms with Crippen molar-refractivity contribution in [1.82, 2.24) is 0 Å². The molecule has 1 unspecified atom stereocenters. The molecule has 26 heavy (non-hydrogen) atoms. The molecule has 0 aliphatic heterocycles. The number of carbonyl (C=O) groups is 2. The van der Waals surface area contributed by atoms with Crippen molar-refractivity contribution in [1.29, 1.82) is 0 Å². The summed E-state index contributed by atoms with van der Waals surface area (Å²) in [5, 5.41) is 9.98. The number of nitrogens with one attached hydrogen (secondary N) is 1. The molecule has 7 nitrogen and oxygen atoms in total. The zero-order chi connectivity index (χ0) is 19.5.